The van der Waals surface area contributed by atoms with Crippen molar-refractivity contribution in [3.8, 4) is 0 Å². The number of rotatable bonds is 1. The van der Waals surface area contributed by atoms with E-state index < -0.39 is 0 Å². The molecule has 0 unspecified atom stereocenters. The third kappa shape index (κ3) is 1.57. The van der Waals surface area contributed by atoms with Gasteiger partial charge in [0.05, 0.1) is 11.7 Å². The van der Waals surface area contributed by atoms with Crippen LogP contribution in [0.3, 0.4) is 0 Å². The Balaban J connectivity index is 2.09. The normalized spacial score (nSPS) is 18.0. The molecule has 2 aromatic heterocycles. The fourth-order valence-corrected chi connectivity index (χ4v) is 3.21. The Labute approximate surface area is 97.7 Å². The van der Waals surface area contributed by atoms with Crippen LogP contribution in [0.4, 0.5) is 0 Å². The summed E-state index contributed by atoms with van der Waals surface area (Å²) < 4.78 is 1.84. The van der Waals surface area contributed by atoms with Gasteiger partial charge in [0.15, 0.2) is 0 Å². The number of fused-ring (bicyclic) bond motifs is 1. The summed E-state index contributed by atoms with van der Waals surface area (Å²) >= 11 is 1.53. The van der Waals surface area contributed by atoms with Crippen molar-refractivity contribution in [1.29, 1.82) is 0 Å². The summed E-state index contributed by atoms with van der Waals surface area (Å²) in [6.07, 6.45) is 7.75. The SMILES string of the molecule is O=c1c2ccsc2ncn1C1CCCCC1. The van der Waals surface area contributed by atoms with E-state index in [-0.39, 0.29) is 5.56 Å². The molecule has 2 aromatic rings. The highest BCUT2D eigenvalue weighted by Crippen LogP contribution is 2.27. The molecule has 3 nitrogen and oxygen atoms in total. The molecule has 1 aliphatic rings. The summed E-state index contributed by atoms with van der Waals surface area (Å²) in [5.74, 6) is 0. The van der Waals surface area contributed by atoms with Crippen LogP contribution in [-0.4, -0.2) is 9.55 Å². The fourth-order valence-electron chi connectivity index (χ4n) is 2.49. The maximum atomic E-state index is 12.2. The van der Waals surface area contributed by atoms with Gasteiger partial charge in [0.2, 0.25) is 0 Å². The van der Waals surface area contributed by atoms with Crippen molar-refractivity contribution in [2.45, 2.75) is 38.1 Å². The third-order valence-electron chi connectivity index (χ3n) is 3.38. The maximum Gasteiger partial charge on any atom is 0.262 e. The highest BCUT2D eigenvalue weighted by atomic mass is 32.1. The largest absolute Gasteiger partial charge is 0.296 e. The first-order valence-corrected chi connectivity index (χ1v) is 6.68. The van der Waals surface area contributed by atoms with Crippen LogP contribution in [0.5, 0.6) is 0 Å². The molecule has 0 aromatic carbocycles. The van der Waals surface area contributed by atoms with Gasteiger partial charge in [0.25, 0.3) is 5.56 Å². The standard InChI is InChI=1S/C12H14N2OS/c15-12-10-6-7-16-11(10)13-8-14(12)9-4-2-1-3-5-9/h6-9H,1-5H2. The molecular weight excluding hydrogens is 220 g/mol. The Kier molecular flexibility index (Phi) is 2.52. The van der Waals surface area contributed by atoms with E-state index >= 15 is 0 Å². The van der Waals surface area contributed by atoms with Crippen LogP contribution in [0.25, 0.3) is 10.2 Å². The van der Waals surface area contributed by atoms with Crippen molar-refractivity contribution in [1.82, 2.24) is 9.55 Å². The predicted octanol–water partition coefficient (Wildman–Crippen LogP) is 2.96. The summed E-state index contributed by atoms with van der Waals surface area (Å²) in [6, 6.07) is 2.26. The van der Waals surface area contributed by atoms with E-state index in [1.54, 1.807) is 6.33 Å². The third-order valence-corrected chi connectivity index (χ3v) is 4.20. The minimum absolute atomic E-state index is 0.137. The summed E-state index contributed by atoms with van der Waals surface area (Å²) in [5.41, 5.74) is 0.137. The lowest BCUT2D eigenvalue weighted by Gasteiger charge is -2.23. The number of nitrogens with zero attached hydrogens (tertiary/aromatic N) is 2. The van der Waals surface area contributed by atoms with E-state index in [0.29, 0.717) is 6.04 Å². The summed E-state index contributed by atoms with van der Waals surface area (Å²) in [5, 5.41) is 2.71. The van der Waals surface area contributed by atoms with Gasteiger partial charge < -0.3 is 0 Å². The average molecular weight is 234 g/mol. The molecule has 0 N–H and O–H groups in total. The Morgan fingerprint density at radius 2 is 2.12 bits per heavy atom. The van der Waals surface area contributed by atoms with E-state index in [1.165, 1.54) is 30.6 Å². The molecule has 1 fully saturated rings. The number of hydrogen-bond donors (Lipinski definition) is 0. The Morgan fingerprint density at radius 3 is 2.94 bits per heavy atom. The number of hydrogen-bond acceptors (Lipinski definition) is 3. The summed E-state index contributed by atoms with van der Waals surface area (Å²) in [6.45, 7) is 0. The van der Waals surface area contributed by atoms with Crippen molar-refractivity contribution in [2.24, 2.45) is 0 Å². The first kappa shape index (κ1) is 10.0. The van der Waals surface area contributed by atoms with Crippen LogP contribution in [0, 0.1) is 0 Å². The minimum atomic E-state index is 0.137. The zero-order chi connectivity index (χ0) is 11.0. The van der Waals surface area contributed by atoms with Gasteiger partial charge in [0.1, 0.15) is 4.83 Å². The molecule has 3 rings (SSSR count). The monoisotopic (exact) mass is 234 g/mol. The number of thiophene rings is 1. The van der Waals surface area contributed by atoms with Gasteiger partial charge >= 0.3 is 0 Å². The first-order valence-electron chi connectivity index (χ1n) is 5.80. The maximum absolute atomic E-state index is 12.2. The smallest absolute Gasteiger partial charge is 0.262 e. The van der Waals surface area contributed by atoms with Crippen LogP contribution in [0.15, 0.2) is 22.6 Å². The zero-order valence-electron chi connectivity index (χ0n) is 9.06. The Hall–Kier alpha value is -1.16. The minimum Gasteiger partial charge on any atom is -0.296 e. The van der Waals surface area contributed by atoms with Crippen LogP contribution < -0.4 is 5.56 Å². The molecule has 0 amide bonds. The molecule has 1 aliphatic carbocycles. The first-order chi connectivity index (χ1) is 7.86. The van der Waals surface area contributed by atoms with Gasteiger partial charge in [-0.05, 0) is 24.3 Å². The van der Waals surface area contributed by atoms with E-state index in [0.717, 1.165) is 23.1 Å². The van der Waals surface area contributed by atoms with Crippen LogP contribution in [0.1, 0.15) is 38.1 Å². The molecule has 0 atom stereocenters. The highest BCUT2D eigenvalue weighted by Gasteiger charge is 2.17. The molecule has 1 saturated carbocycles. The van der Waals surface area contributed by atoms with E-state index in [1.807, 2.05) is 16.0 Å². The second-order valence-electron chi connectivity index (χ2n) is 4.39. The molecule has 0 aliphatic heterocycles. The van der Waals surface area contributed by atoms with Gasteiger partial charge in [0, 0.05) is 6.04 Å². The molecule has 16 heavy (non-hydrogen) atoms. The molecule has 0 saturated heterocycles. The Morgan fingerprint density at radius 1 is 1.31 bits per heavy atom. The van der Waals surface area contributed by atoms with Crippen LogP contribution >= 0.6 is 11.3 Å². The highest BCUT2D eigenvalue weighted by molar-refractivity contribution is 7.16. The van der Waals surface area contributed by atoms with Crippen LogP contribution in [-0.2, 0) is 0 Å². The zero-order valence-corrected chi connectivity index (χ0v) is 9.87. The van der Waals surface area contributed by atoms with Gasteiger partial charge in [-0.3, -0.25) is 9.36 Å². The fraction of sp³-hybridized carbons (Fsp3) is 0.500. The van der Waals surface area contributed by atoms with Gasteiger partial charge in [-0.1, -0.05) is 19.3 Å². The number of aromatic nitrogens is 2. The average Bonchev–Trinajstić information content (AvgIpc) is 2.80. The lowest BCUT2D eigenvalue weighted by molar-refractivity contribution is 0.345. The molecular formula is C12H14N2OS. The van der Waals surface area contributed by atoms with Crippen molar-refractivity contribution in [2.75, 3.05) is 0 Å². The summed E-state index contributed by atoms with van der Waals surface area (Å²) in [4.78, 5) is 17.4. The van der Waals surface area contributed by atoms with Crippen molar-refractivity contribution in [3.63, 3.8) is 0 Å². The van der Waals surface area contributed by atoms with E-state index in [9.17, 15) is 4.79 Å². The quantitative estimate of drug-likeness (QED) is 0.760. The van der Waals surface area contributed by atoms with Gasteiger partial charge in [-0.25, -0.2) is 4.98 Å². The van der Waals surface area contributed by atoms with Crippen molar-refractivity contribution in [3.05, 3.63) is 28.1 Å². The lowest BCUT2D eigenvalue weighted by Crippen LogP contribution is -2.26. The molecule has 2 heterocycles. The molecule has 4 heteroatoms. The topological polar surface area (TPSA) is 34.9 Å². The lowest BCUT2D eigenvalue weighted by atomic mass is 9.95. The second kappa shape index (κ2) is 4.01. The molecule has 0 bridgehead atoms. The van der Waals surface area contributed by atoms with E-state index in [4.69, 9.17) is 0 Å². The van der Waals surface area contributed by atoms with E-state index in [2.05, 4.69) is 4.98 Å². The molecule has 0 radical (unpaired) electrons. The second-order valence-corrected chi connectivity index (χ2v) is 5.28. The summed E-state index contributed by atoms with van der Waals surface area (Å²) in [7, 11) is 0. The van der Waals surface area contributed by atoms with Crippen LogP contribution in [0.2, 0.25) is 0 Å². The molecule has 0 spiro atoms. The van der Waals surface area contributed by atoms with Gasteiger partial charge in [-0.2, -0.15) is 0 Å². The molecule has 84 valence electrons. The van der Waals surface area contributed by atoms with Crippen molar-refractivity contribution >= 4 is 21.6 Å². The predicted molar refractivity (Wildman–Crippen MR) is 66.0 cm³/mol. The van der Waals surface area contributed by atoms with Crippen molar-refractivity contribution < 1.29 is 0 Å². The Bertz CT molecular complexity index is 551. The van der Waals surface area contributed by atoms with Gasteiger partial charge in [-0.15, -0.1) is 11.3 Å².